The second-order valence-electron chi connectivity index (χ2n) is 6.69. The van der Waals surface area contributed by atoms with Crippen molar-refractivity contribution < 1.29 is 9.18 Å². The average molecular weight is 420 g/mol. The number of nitrogen functional groups attached to an aromatic ring is 1. The highest BCUT2D eigenvalue weighted by Crippen LogP contribution is 2.29. The van der Waals surface area contributed by atoms with Crippen molar-refractivity contribution in [3.05, 3.63) is 64.7 Å². The number of allylic oxidation sites excluding steroid dienone is 3. The number of Topliss-reactive ketones (excluding diaryl/α,β-unsaturated/α-hetero) is 1. The van der Waals surface area contributed by atoms with Crippen LogP contribution in [0.15, 0.2) is 53.4 Å². The zero-order valence-electron chi connectivity index (χ0n) is 17.8. The molecule has 0 spiro atoms. The standard InChI is InChI=1S/C19H21ClFN3O.C4H10/c1-4-6-7-13(12(3)25)17-11-10-16(23-24(17)5-2)18-14(20)8-9-15(22)19(18)21;1-3-4-2/h5,8-11H,2,4,6-7,22H2,1,3H3;3-4H2,1-2H3/b17-13+;. The number of nitrogens with zero attached hydrogens (tertiary/aromatic N) is 2. The third kappa shape index (κ3) is 6.57. The Bertz CT molecular complexity index is 826. The van der Waals surface area contributed by atoms with E-state index in [2.05, 4.69) is 32.5 Å². The third-order valence-corrected chi connectivity index (χ3v) is 4.74. The van der Waals surface area contributed by atoms with Crippen LogP contribution in [0.2, 0.25) is 5.02 Å². The second-order valence-corrected chi connectivity index (χ2v) is 7.10. The Kier molecular flexibility index (Phi) is 10.4. The Morgan fingerprint density at radius 3 is 2.41 bits per heavy atom. The van der Waals surface area contributed by atoms with Crippen molar-refractivity contribution in [2.45, 2.75) is 59.8 Å². The van der Waals surface area contributed by atoms with Crippen LogP contribution in [-0.4, -0.2) is 16.5 Å². The summed E-state index contributed by atoms with van der Waals surface area (Å²) in [6.45, 7) is 11.7. The van der Waals surface area contributed by atoms with E-state index in [-0.39, 0.29) is 22.1 Å². The molecule has 0 bridgehead atoms. The SMILES string of the molecule is C=CN1N=C(c2c(Cl)ccc(N)c2F)C=C/C1=C(/CCCC)C(C)=O.CCCC. The van der Waals surface area contributed by atoms with Gasteiger partial charge >= 0.3 is 0 Å². The molecule has 0 amide bonds. The quantitative estimate of drug-likeness (QED) is 0.399. The number of anilines is 1. The summed E-state index contributed by atoms with van der Waals surface area (Å²) in [7, 11) is 0. The maximum atomic E-state index is 14.4. The molecule has 1 heterocycles. The maximum absolute atomic E-state index is 14.4. The third-order valence-electron chi connectivity index (χ3n) is 4.43. The van der Waals surface area contributed by atoms with E-state index in [1.807, 2.05) is 0 Å². The van der Waals surface area contributed by atoms with Gasteiger partial charge in [-0.2, -0.15) is 5.10 Å². The molecular formula is C23H31ClFN3O. The highest BCUT2D eigenvalue weighted by molar-refractivity contribution is 6.35. The molecule has 2 rings (SSSR count). The molecule has 4 nitrogen and oxygen atoms in total. The summed E-state index contributed by atoms with van der Waals surface area (Å²) in [6.07, 6.45) is 9.99. The minimum absolute atomic E-state index is 0.00522. The molecule has 0 aliphatic carbocycles. The summed E-state index contributed by atoms with van der Waals surface area (Å²) < 4.78 is 14.4. The molecule has 1 aliphatic rings. The van der Waals surface area contributed by atoms with Crippen LogP contribution < -0.4 is 5.73 Å². The second kappa shape index (κ2) is 12.2. The van der Waals surface area contributed by atoms with Gasteiger partial charge in [-0.15, -0.1) is 0 Å². The van der Waals surface area contributed by atoms with Gasteiger partial charge in [-0.1, -0.05) is 58.2 Å². The Morgan fingerprint density at radius 1 is 1.24 bits per heavy atom. The number of hydrazone groups is 1. The minimum Gasteiger partial charge on any atom is -0.396 e. The number of ketones is 1. The Labute approximate surface area is 178 Å². The molecule has 0 unspecified atom stereocenters. The topological polar surface area (TPSA) is 58.7 Å². The monoisotopic (exact) mass is 419 g/mol. The van der Waals surface area contributed by atoms with Gasteiger partial charge < -0.3 is 5.73 Å². The molecule has 1 aromatic rings. The van der Waals surface area contributed by atoms with Gasteiger partial charge in [0.2, 0.25) is 0 Å². The normalized spacial score (nSPS) is 14.7. The van der Waals surface area contributed by atoms with E-state index < -0.39 is 5.82 Å². The molecule has 0 atom stereocenters. The van der Waals surface area contributed by atoms with Gasteiger partial charge in [0, 0.05) is 11.8 Å². The molecule has 1 aliphatic heterocycles. The molecule has 29 heavy (non-hydrogen) atoms. The fourth-order valence-corrected chi connectivity index (χ4v) is 2.83. The number of hydrogen-bond donors (Lipinski definition) is 1. The van der Waals surface area contributed by atoms with Crippen molar-refractivity contribution in [1.29, 1.82) is 0 Å². The molecule has 158 valence electrons. The van der Waals surface area contributed by atoms with Gasteiger partial charge in [-0.3, -0.25) is 4.79 Å². The first-order valence-electron chi connectivity index (χ1n) is 9.98. The number of nitrogens with two attached hydrogens (primary N) is 1. The summed E-state index contributed by atoms with van der Waals surface area (Å²) in [5.41, 5.74) is 7.38. The Morgan fingerprint density at radius 2 is 1.90 bits per heavy atom. The minimum atomic E-state index is -0.620. The number of hydrogen-bond acceptors (Lipinski definition) is 4. The van der Waals surface area contributed by atoms with Crippen LogP contribution in [0, 0.1) is 5.82 Å². The summed E-state index contributed by atoms with van der Waals surface area (Å²) in [6, 6.07) is 2.93. The van der Waals surface area contributed by atoms with Crippen molar-refractivity contribution in [2.24, 2.45) is 5.10 Å². The van der Waals surface area contributed by atoms with E-state index in [9.17, 15) is 9.18 Å². The molecule has 0 aromatic heterocycles. The molecule has 6 heteroatoms. The predicted molar refractivity (Wildman–Crippen MR) is 121 cm³/mol. The van der Waals surface area contributed by atoms with Crippen molar-refractivity contribution in [2.75, 3.05) is 5.73 Å². The van der Waals surface area contributed by atoms with Gasteiger partial charge in [-0.25, -0.2) is 9.40 Å². The lowest BCUT2D eigenvalue weighted by molar-refractivity contribution is -0.113. The first-order valence-corrected chi connectivity index (χ1v) is 10.4. The summed E-state index contributed by atoms with van der Waals surface area (Å²) >= 11 is 6.12. The highest BCUT2D eigenvalue weighted by atomic mass is 35.5. The largest absolute Gasteiger partial charge is 0.396 e. The Hall–Kier alpha value is -2.40. The number of rotatable bonds is 7. The number of unbranched alkanes of at least 4 members (excludes halogenated alkanes) is 2. The number of carbonyl (C=O) groups is 1. The van der Waals surface area contributed by atoms with E-state index in [4.69, 9.17) is 17.3 Å². The fourth-order valence-electron chi connectivity index (χ4n) is 2.59. The van der Waals surface area contributed by atoms with Gasteiger partial charge in [0.1, 0.15) is 0 Å². The molecule has 0 saturated heterocycles. The number of halogens is 2. The van der Waals surface area contributed by atoms with Crippen LogP contribution >= 0.6 is 11.6 Å². The predicted octanol–water partition coefficient (Wildman–Crippen LogP) is 6.62. The first-order chi connectivity index (χ1) is 13.8. The molecule has 0 radical (unpaired) electrons. The van der Waals surface area contributed by atoms with Gasteiger partial charge in [0.05, 0.1) is 27.7 Å². The molecule has 1 aromatic carbocycles. The van der Waals surface area contributed by atoms with E-state index in [1.165, 1.54) is 43.1 Å². The van der Waals surface area contributed by atoms with E-state index >= 15 is 0 Å². The average Bonchev–Trinajstić information content (AvgIpc) is 2.71. The van der Waals surface area contributed by atoms with E-state index in [0.29, 0.717) is 23.4 Å². The Balaban J connectivity index is 0.000000960. The van der Waals surface area contributed by atoms with Crippen LogP contribution in [0.3, 0.4) is 0 Å². The lowest BCUT2D eigenvalue weighted by Gasteiger charge is -2.24. The van der Waals surface area contributed by atoms with E-state index in [1.54, 1.807) is 12.2 Å². The fraction of sp³-hybridized carbons (Fsp3) is 0.391. The van der Waals surface area contributed by atoms with Crippen molar-refractivity contribution in [1.82, 2.24) is 5.01 Å². The summed E-state index contributed by atoms with van der Waals surface area (Å²) in [4.78, 5) is 12.0. The smallest absolute Gasteiger partial charge is 0.157 e. The molecule has 0 fully saturated rings. The van der Waals surface area contributed by atoms with Crippen LogP contribution in [0.5, 0.6) is 0 Å². The number of carbonyl (C=O) groups excluding carboxylic acids is 1. The van der Waals surface area contributed by atoms with Crippen molar-refractivity contribution >= 4 is 28.8 Å². The van der Waals surface area contributed by atoms with E-state index in [0.717, 1.165) is 12.8 Å². The molecule has 2 N–H and O–H groups in total. The summed E-state index contributed by atoms with van der Waals surface area (Å²) in [5, 5.41) is 6.07. The van der Waals surface area contributed by atoms with Gasteiger partial charge in [-0.05, 0) is 44.1 Å². The van der Waals surface area contributed by atoms with Crippen LogP contribution in [0.25, 0.3) is 0 Å². The molecular weight excluding hydrogens is 389 g/mol. The zero-order chi connectivity index (χ0) is 22.0. The van der Waals surface area contributed by atoms with Crippen molar-refractivity contribution in [3.63, 3.8) is 0 Å². The van der Waals surface area contributed by atoms with Crippen LogP contribution in [0.4, 0.5) is 10.1 Å². The van der Waals surface area contributed by atoms with Crippen LogP contribution in [-0.2, 0) is 4.79 Å². The van der Waals surface area contributed by atoms with Gasteiger partial charge in [0.15, 0.2) is 11.6 Å². The highest BCUT2D eigenvalue weighted by Gasteiger charge is 2.22. The maximum Gasteiger partial charge on any atom is 0.157 e. The van der Waals surface area contributed by atoms with Gasteiger partial charge in [0.25, 0.3) is 0 Å². The lowest BCUT2D eigenvalue weighted by Crippen LogP contribution is -2.20. The van der Waals surface area contributed by atoms with Crippen LogP contribution in [0.1, 0.15) is 65.4 Å². The van der Waals surface area contributed by atoms with Crippen molar-refractivity contribution in [3.8, 4) is 0 Å². The first kappa shape index (κ1) is 24.6. The summed E-state index contributed by atoms with van der Waals surface area (Å²) in [5.74, 6) is -0.642. The lowest BCUT2D eigenvalue weighted by atomic mass is 10.0. The molecule has 0 saturated carbocycles. The zero-order valence-corrected chi connectivity index (χ0v) is 18.5. The number of benzene rings is 1.